The number of rotatable bonds is 6. The number of nitrogens with zero attached hydrogens (tertiary/aromatic N) is 1. The standard InChI is InChI=1S/C13H20N2O/c1-3-14-8-12-6-10(2)15-13(7-12)16-9-11-4-5-11/h6-7,11,14H,3-5,8-9H2,1-2H3. The predicted molar refractivity (Wildman–Crippen MR) is 64.6 cm³/mol. The second kappa shape index (κ2) is 5.30. The second-order valence-electron chi connectivity index (χ2n) is 4.49. The number of pyridine rings is 1. The molecular formula is C13H20N2O. The van der Waals surface area contributed by atoms with Gasteiger partial charge in [0.05, 0.1) is 6.61 Å². The highest BCUT2D eigenvalue weighted by atomic mass is 16.5. The van der Waals surface area contributed by atoms with Gasteiger partial charge in [-0.25, -0.2) is 4.98 Å². The minimum Gasteiger partial charge on any atom is -0.477 e. The third-order valence-electron chi connectivity index (χ3n) is 2.73. The Morgan fingerprint density at radius 2 is 2.25 bits per heavy atom. The monoisotopic (exact) mass is 220 g/mol. The highest BCUT2D eigenvalue weighted by Crippen LogP contribution is 2.29. The van der Waals surface area contributed by atoms with Crippen LogP contribution in [0.15, 0.2) is 12.1 Å². The molecule has 1 N–H and O–H groups in total. The zero-order valence-corrected chi connectivity index (χ0v) is 10.1. The molecule has 1 aromatic heterocycles. The Morgan fingerprint density at radius 3 is 2.94 bits per heavy atom. The third-order valence-corrected chi connectivity index (χ3v) is 2.73. The molecular weight excluding hydrogens is 200 g/mol. The zero-order valence-electron chi connectivity index (χ0n) is 10.1. The SMILES string of the molecule is CCNCc1cc(C)nc(OCC2CC2)c1. The summed E-state index contributed by atoms with van der Waals surface area (Å²) in [5.41, 5.74) is 2.28. The summed E-state index contributed by atoms with van der Waals surface area (Å²) in [5, 5.41) is 3.31. The Morgan fingerprint density at radius 1 is 1.44 bits per heavy atom. The lowest BCUT2D eigenvalue weighted by Gasteiger charge is -2.08. The van der Waals surface area contributed by atoms with Crippen molar-refractivity contribution in [2.75, 3.05) is 13.2 Å². The van der Waals surface area contributed by atoms with Gasteiger partial charge in [0.25, 0.3) is 0 Å². The number of aromatic nitrogens is 1. The molecule has 2 rings (SSSR count). The Balaban J connectivity index is 1.96. The summed E-state index contributed by atoms with van der Waals surface area (Å²) < 4.78 is 5.69. The molecule has 0 bridgehead atoms. The van der Waals surface area contributed by atoms with Crippen LogP contribution in [-0.2, 0) is 6.54 Å². The average Bonchev–Trinajstić information content (AvgIpc) is 3.07. The lowest BCUT2D eigenvalue weighted by atomic mass is 10.2. The summed E-state index contributed by atoms with van der Waals surface area (Å²) in [7, 11) is 0. The van der Waals surface area contributed by atoms with Crippen LogP contribution in [0.4, 0.5) is 0 Å². The van der Waals surface area contributed by atoms with Gasteiger partial charge in [0.1, 0.15) is 0 Å². The van der Waals surface area contributed by atoms with E-state index in [0.717, 1.165) is 37.2 Å². The van der Waals surface area contributed by atoms with Crippen molar-refractivity contribution in [1.82, 2.24) is 10.3 Å². The maximum atomic E-state index is 5.69. The Hall–Kier alpha value is -1.09. The molecule has 1 fully saturated rings. The molecule has 16 heavy (non-hydrogen) atoms. The third kappa shape index (κ3) is 3.49. The van der Waals surface area contributed by atoms with Crippen molar-refractivity contribution in [2.45, 2.75) is 33.2 Å². The maximum Gasteiger partial charge on any atom is 0.213 e. The fourth-order valence-electron chi connectivity index (χ4n) is 1.64. The van der Waals surface area contributed by atoms with E-state index in [1.54, 1.807) is 0 Å². The first-order valence-corrected chi connectivity index (χ1v) is 6.09. The molecule has 3 nitrogen and oxygen atoms in total. The minimum atomic E-state index is 0.777. The van der Waals surface area contributed by atoms with E-state index in [9.17, 15) is 0 Å². The van der Waals surface area contributed by atoms with Crippen LogP contribution in [0.25, 0.3) is 0 Å². The van der Waals surface area contributed by atoms with Gasteiger partial charge in [-0.2, -0.15) is 0 Å². The molecule has 0 spiro atoms. The van der Waals surface area contributed by atoms with Crippen LogP contribution in [-0.4, -0.2) is 18.1 Å². The number of ether oxygens (including phenoxy) is 1. The second-order valence-corrected chi connectivity index (χ2v) is 4.49. The van der Waals surface area contributed by atoms with E-state index in [-0.39, 0.29) is 0 Å². The van der Waals surface area contributed by atoms with Gasteiger partial charge in [-0.15, -0.1) is 0 Å². The molecule has 0 atom stereocenters. The average molecular weight is 220 g/mol. The summed E-state index contributed by atoms with van der Waals surface area (Å²) in [5.74, 6) is 1.55. The van der Waals surface area contributed by atoms with E-state index < -0.39 is 0 Å². The van der Waals surface area contributed by atoms with Crippen molar-refractivity contribution >= 4 is 0 Å². The lowest BCUT2D eigenvalue weighted by Crippen LogP contribution is -2.12. The number of hydrogen-bond donors (Lipinski definition) is 1. The van der Waals surface area contributed by atoms with Gasteiger partial charge in [0.15, 0.2) is 0 Å². The summed E-state index contributed by atoms with van der Waals surface area (Å²) in [6.45, 7) is 6.83. The fraction of sp³-hybridized carbons (Fsp3) is 0.615. The molecule has 0 aromatic carbocycles. The summed E-state index contributed by atoms with van der Waals surface area (Å²) >= 11 is 0. The molecule has 0 radical (unpaired) electrons. The lowest BCUT2D eigenvalue weighted by molar-refractivity contribution is 0.287. The van der Waals surface area contributed by atoms with Crippen molar-refractivity contribution in [3.05, 3.63) is 23.4 Å². The van der Waals surface area contributed by atoms with Gasteiger partial charge in [0, 0.05) is 18.3 Å². The number of nitrogens with one attached hydrogen (secondary N) is 1. The van der Waals surface area contributed by atoms with Crippen molar-refractivity contribution in [2.24, 2.45) is 5.92 Å². The van der Waals surface area contributed by atoms with Crippen molar-refractivity contribution in [1.29, 1.82) is 0 Å². The smallest absolute Gasteiger partial charge is 0.213 e. The van der Waals surface area contributed by atoms with Crippen LogP contribution in [0.2, 0.25) is 0 Å². The Bertz CT molecular complexity index is 348. The van der Waals surface area contributed by atoms with E-state index in [2.05, 4.69) is 23.3 Å². The minimum absolute atomic E-state index is 0.777. The Labute approximate surface area is 97.2 Å². The highest BCUT2D eigenvalue weighted by molar-refractivity contribution is 5.24. The van der Waals surface area contributed by atoms with Crippen LogP contribution in [0.5, 0.6) is 5.88 Å². The van der Waals surface area contributed by atoms with Gasteiger partial charge in [-0.3, -0.25) is 0 Å². The van der Waals surface area contributed by atoms with Crippen LogP contribution < -0.4 is 10.1 Å². The highest BCUT2D eigenvalue weighted by Gasteiger charge is 2.22. The van der Waals surface area contributed by atoms with Crippen molar-refractivity contribution < 1.29 is 4.74 Å². The molecule has 1 aliphatic carbocycles. The van der Waals surface area contributed by atoms with Crippen LogP contribution in [0.1, 0.15) is 31.0 Å². The van der Waals surface area contributed by atoms with Crippen LogP contribution >= 0.6 is 0 Å². The molecule has 1 aliphatic rings. The first kappa shape index (κ1) is 11.4. The number of aryl methyl sites for hydroxylation is 1. The van der Waals surface area contributed by atoms with Crippen LogP contribution in [0, 0.1) is 12.8 Å². The van der Waals surface area contributed by atoms with E-state index in [1.165, 1.54) is 18.4 Å². The molecule has 1 heterocycles. The van der Waals surface area contributed by atoms with Crippen molar-refractivity contribution in [3.8, 4) is 5.88 Å². The van der Waals surface area contributed by atoms with Gasteiger partial charge in [0.2, 0.25) is 5.88 Å². The largest absolute Gasteiger partial charge is 0.477 e. The zero-order chi connectivity index (χ0) is 11.4. The van der Waals surface area contributed by atoms with Gasteiger partial charge >= 0.3 is 0 Å². The first-order chi connectivity index (χ1) is 7.78. The van der Waals surface area contributed by atoms with Gasteiger partial charge in [-0.1, -0.05) is 6.92 Å². The van der Waals surface area contributed by atoms with E-state index >= 15 is 0 Å². The maximum absolute atomic E-state index is 5.69. The van der Waals surface area contributed by atoms with E-state index in [0.29, 0.717) is 0 Å². The molecule has 88 valence electrons. The van der Waals surface area contributed by atoms with Crippen LogP contribution in [0.3, 0.4) is 0 Å². The van der Waals surface area contributed by atoms with Gasteiger partial charge in [-0.05, 0) is 43.9 Å². The quantitative estimate of drug-likeness (QED) is 0.798. The molecule has 0 saturated heterocycles. The van der Waals surface area contributed by atoms with Crippen molar-refractivity contribution in [3.63, 3.8) is 0 Å². The fourth-order valence-corrected chi connectivity index (χ4v) is 1.64. The predicted octanol–water partition coefficient (Wildman–Crippen LogP) is 2.29. The molecule has 1 saturated carbocycles. The summed E-state index contributed by atoms with van der Waals surface area (Å²) in [4.78, 5) is 4.39. The molecule has 1 aromatic rings. The normalized spacial score (nSPS) is 15.1. The molecule has 0 aliphatic heterocycles. The van der Waals surface area contributed by atoms with E-state index in [4.69, 9.17) is 4.74 Å². The summed E-state index contributed by atoms with van der Waals surface area (Å²) in [6, 6.07) is 4.14. The Kier molecular flexibility index (Phi) is 3.78. The topological polar surface area (TPSA) is 34.2 Å². The number of hydrogen-bond acceptors (Lipinski definition) is 3. The molecule has 3 heteroatoms. The van der Waals surface area contributed by atoms with E-state index in [1.807, 2.05) is 13.0 Å². The van der Waals surface area contributed by atoms with Gasteiger partial charge < -0.3 is 10.1 Å². The first-order valence-electron chi connectivity index (χ1n) is 6.09. The molecule has 0 unspecified atom stereocenters. The molecule has 0 amide bonds. The summed E-state index contributed by atoms with van der Waals surface area (Å²) in [6.07, 6.45) is 2.63.